The maximum atomic E-state index is 10.5. The molecule has 0 saturated heterocycles. The Morgan fingerprint density at radius 3 is 1.88 bits per heavy atom. The number of likely N-dealkylation sites (N-methyl/N-ethyl adjacent to an activating group) is 1. The Bertz CT molecular complexity index is 222. The third-order valence-corrected chi connectivity index (χ3v) is 2.15. The lowest BCUT2D eigenvalue weighted by molar-refractivity contribution is -0.154. The number of carboxylic acids is 2. The first-order valence-corrected chi connectivity index (χ1v) is 5.67. The average Bonchev–Trinajstić information content (AvgIpc) is 2.26. The summed E-state index contributed by atoms with van der Waals surface area (Å²) >= 11 is 0. The minimum Gasteiger partial charge on any atom is -0.481 e. The van der Waals surface area contributed by atoms with Crippen LogP contribution in [0.1, 0.15) is 6.92 Å². The highest BCUT2D eigenvalue weighted by Gasteiger charge is 2.24. The molecule has 0 aromatic heterocycles. The van der Waals surface area contributed by atoms with E-state index in [9.17, 15) is 9.59 Å². The zero-order chi connectivity index (χ0) is 13.1. The van der Waals surface area contributed by atoms with Crippen LogP contribution >= 0.6 is 0 Å². The molecule has 7 heteroatoms. The van der Waals surface area contributed by atoms with Gasteiger partial charge in [0.1, 0.15) is 0 Å². The Hall–Kier alpha value is -1.18. The molecule has 0 saturated carbocycles. The van der Waals surface area contributed by atoms with Crippen molar-refractivity contribution >= 4 is 11.9 Å². The highest BCUT2D eigenvalue weighted by molar-refractivity contribution is 5.93. The minimum atomic E-state index is -1.38. The zero-order valence-electron chi connectivity index (χ0n) is 10.0. The third kappa shape index (κ3) is 8.61. The van der Waals surface area contributed by atoms with Gasteiger partial charge in [-0.25, -0.2) is 0 Å². The van der Waals surface area contributed by atoms with Crippen LogP contribution in [0.5, 0.6) is 0 Å². The monoisotopic (exact) mass is 247 g/mol. The lowest BCUT2D eigenvalue weighted by Gasteiger charge is -2.09. The van der Waals surface area contributed by atoms with Crippen LogP contribution < -0.4 is 16.0 Å². The molecule has 17 heavy (non-hydrogen) atoms. The molecule has 5 N–H and O–H groups in total. The van der Waals surface area contributed by atoms with Crippen molar-refractivity contribution in [1.29, 1.82) is 0 Å². The second-order valence-corrected chi connectivity index (χ2v) is 3.54. The normalized spacial score (nSPS) is 10.7. The van der Waals surface area contributed by atoms with Crippen LogP contribution in [0.25, 0.3) is 0 Å². The van der Waals surface area contributed by atoms with Crippen molar-refractivity contribution in [1.82, 2.24) is 16.0 Å². The molecule has 0 heterocycles. The van der Waals surface area contributed by atoms with Crippen molar-refractivity contribution in [3.63, 3.8) is 0 Å². The fourth-order valence-corrected chi connectivity index (χ4v) is 1.18. The summed E-state index contributed by atoms with van der Waals surface area (Å²) < 4.78 is 0. The third-order valence-electron chi connectivity index (χ3n) is 2.15. The molecule has 0 bridgehead atoms. The van der Waals surface area contributed by atoms with Gasteiger partial charge < -0.3 is 26.2 Å². The van der Waals surface area contributed by atoms with E-state index in [1.165, 1.54) is 0 Å². The second-order valence-electron chi connectivity index (χ2n) is 3.54. The number of nitrogens with one attached hydrogen (secondary N) is 3. The molecule has 100 valence electrons. The van der Waals surface area contributed by atoms with Gasteiger partial charge in [0.25, 0.3) is 0 Å². The summed E-state index contributed by atoms with van der Waals surface area (Å²) in [5.74, 6) is -4.01. The van der Waals surface area contributed by atoms with Crippen LogP contribution in [0.15, 0.2) is 0 Å². The van der Waals surface area contributed by atoms with Gasteiger partial charge in [-0.2, -0.15) is 0 Å². The summed E-state index contributed by atoms with van der Waals surface area (Å²) in [6, 6.07) is 0. The lowest BCUT2D eigenvalue weighted by atomic mass is 10.1. The fraction of sp³-hybridized carbons (Fsp3) is 0.800. The first kappa shape index (κ1) is 15.8. The number of hydrogen-bond donors (Lipinski definition) is 5. The Morgan fingerprint density at radius 2 is 1.41 bits per heavy atom. The van der Waals surface area contributed by atoms with Crippen LogP contribution in [0, 0.1) is 5.92 Å². The van der Waals surface area contributed by atoms with E-state index in [4.69, 9.17) is 10.2 Å². The van der Waals surface area contributed by atoms with Crippen LogP contribution in [0.3, 0.4) is 0 Å². The molecular formula is C10H21N3O4. The summed E-state index contributed by atoms with van der Waals surface area (Å²) in [6.45, 7) is 5.83. The molecule has 0 unspecified atom stereocenters. The smallest absolute Gasteiger partial charge is 0.319 e. The molecule has 0 amide bonds. The largest absolute Gasteiger partial charge is 0.481 e. The molecule has 0 aliphatic carbocycles. The van der Waals surface area contributed by atoms with E-state index in [0.29, 0.717) is 13.1 Å². The average molecular weight is 247 g/mol. The zero-order valence-corrected chi connectivity index (χ0v) is 10.0. The first-order valence-electron chi connectivity index (χ1n) is 5.67. The molecule has 0 fully saturated rings. The highest BCUT2D eigenvalue weighted by Crippen LogP contribution is 1.94. The van der Waals surface area contributed by atoms with Crippen LogP contribution in [0.2, 0.25) is 0 Å². The molecule has 0 aromatic carbocycles. The van der Waals surface area contributed by atoms with E-state index in [0.717, 1.165) is 19.6 Å². The van der Waals surface area contributed by atoms with E-state index >= 15 is 0 Å². The van der Waals surface area contributed by atoms with Gasteiger partial charge in [0.05, 0.1) is 0 Å². The number of hydrogen-bond acceptors (Lipinski definition) is 5. The Kier molecular flexibility index (Phi) is 9.31. The Labute approximate surface area is 101 Å². The van der Waals surface area contributed by atoms with Gasteiger partial charge >= 0.3 is 11.9 Å². The van der Waals surface area contributed by atoms with Crippen LogP contribution in [-0.2, 0) is 9.59 Å². The van der Waals surface area contributed by atoms with E-state index < -0.39 is 17.9 Å². The predicted molar refractivity (Wildman–Crippen MR) is 63.0 cm³/mol. The van der Waals surface area contributed by atoms with Gasteiger partial charge in [0.2, 0.25) is 0 Å². The second kappa shape index (κ2) is 10.0. The predicted octanol–water partition coefficient (Wildman–Crippen LogP) is -1.44. The van der Waals surface area contributed by atoms with Crippen molar-refractivity contribution in [2.24, 2.45) is 5.92 Å². The van der Waals surface area contributed by atoms with Gasteiger partial charge in [0, 0.05) is 32.7 Å². The standard InChI is InChI=1S/C10H21N3O4/c1-2-11-3-4-12-5-6-13-7-8(9(14)15)10(16)17/h8,11-13H,2-7H2,1H3,(H,14,15)(H,16,17). The molecule has 0 radical (unpaired) electrons. The van der Waals surface area contributed by atoms with Crippen molar-refractivity contribution in [2.45, 2.75) is 6.92 Å². The van der Waals surface area contributed by atoms with Crippen molar-refractivity contribution < 1.29 is 19.8 Å². The van der Waals surface area contributed by atoms with Gasteiger partial charge in [-0.3, -0.25) is 9.59 Å². The summed E-state index contributed by atoms with van der Waals surface area (Å²) in [7, 11) is 0. The van der Waals surface area contributed by atoms with E-state index in [1.807, 2.05) is 6.92 Å². The number of aliphatic carboxylic acids is 2. The number of carboxylic acid groups (broad SMARTS) is 2. The van der Waals surface area contributed by atoms with E-state index in [1.54, 1.807) is 0 Å². The van der Waals surface area contributed by atoms with Gasteiger partial charge in [-0.15, -0.1) is 0 Å². The summed E-state index contributed by atoms with van der Waals surface area (Å²) in [5.41, 5.74) is 0. The highest BCUT2D eigenvalue weighted by atomic mass is 16.4. The van der Waals surface area contributed by atoms with Crippen molar-refractivity contribution in [3.05, 3.63) is 0 Å². The van der Waals surface area contributed by atoms with Crippen LogP contribution in [0.4, 0.5) is 0 Å². The minimum absolute atomic E-state index is 0.0560. The molecule has 0 spiro atoms. The van der Waals surface area contributed by atoms with Gasteiger partial charge in [0.15, 0.2) is 5.92 Å². The van der Waals surface area contributed by atoms with Gasteiger partial charge in [-0.1, -0.05) is 6.92 Å². The molecule has 0 aliphatic rings. The lowest BCUT2D eigenvalue weighted by Crippen LogP contribution is -2.38. The number of carbonyl (C=O) groups is 2. The molecule has 0 rings (SSSR count). The molecule has 0 aliphatic heterocycles. The van der Waals surface area contributed by atoms with Gasteiger partial charge in [-0.05, 0) is 6.54 Å². The molecule has 7 nitrogen and oxygen atoms in total. The van der Waals surface area contributed by atoms with E-state index in [2.05, 4.69) is 16.0 Å². The fourth-order valence-electron chi connectivity index (χ4n) is 1.18. The molecular weight excluding hydrogens is 226 g/mol. The summed E-state index contributed by atoms with van der Waals surface area (Å²) in [6.07, 6.45) is 0. The number of rotatable bonds is 11. The Balaban J connectivity index is 3.43. The molecule has 0 aromatic rings. The van der Waals surface area contributed by atoms with Crippen LogP contribution in [-0.4, -0.2) is 61.4 Å². The quantitative estimate of drug-likeness (QED) is 0.225. The summed E-state index contributed by atoms with van der Waals surface area (Å²) in [5, 5.41) is 26.3. The first-order chi connectivity index (χ1) is 8.09. The molecule has 0 atom stereocenters. The van der Waals surface area contributed by atoms with Crippen molar-refractivity contribution in [2.75, 3.05) is 39.3 Å². The SMILES string of the molecule is CCNCCNCCNCC(C(=O)O)C(=O)O. The maximum Gasteiger partial charge on any atom is 0.319 e. The van der Waals surface area contributed by atoms with E-state index in [-0.39, 0.29) is 6.54 Å². The van der Waals surface area contributed by atoms with Crippen molar-refractivity contribution in [3.8, 4) is 0 Å². The topological polar surface area (TPSA) is 111 Å². The maximum absolute atomic E-state index is 10.5. The Morgan fingerprint density at radius 1 is 0.941 bits per heavy atom. The summed E-state index contributed by atoms with van der Waals surface area (Å²) in [4.78, 5) is 21.1.